The molecule has 0 amide bonds. The zero-order chi connectivity index (χ0) is 25.1. The van der Waals surface area contributed by atoms with Crippen LogP contribution in [-0.4, -0.2) is 22.6 Å². The summed E-state index contributed by atoms with van der Waals surface area (Å²) in [5.74, 6) is 0.663. The van der Waals surface area contributed by atoms with E-state index in [2.05, 4.69) is 54.5 Å². The minimum Gasteiger partial charge on any atom is -0.481 e. The molecule has 4 nitrogen and oxygen atoms in total. The molecule has 0 aromatic heterocycles. The SMILES string of the molecule is C[C@@H]1[C@H]2[C@H]3C(=O)C[C@@H]4[C@@]5(C)C=CC(=O)C(C)(C)C5CC[C@@]4(C)[C@]3(C)CC[C@@]2(C(=O)O)CC[C@H]1C. The summed E-state index contributed by atoms with van der Waals surface area (Å²) in [7, 11) is 0. The number of allylic oxidation sites excluding steroid dienone is 2. The lowest BCUT2D eigenvalue weighted by molar-refractivity contribution is -0.229. The number of carboxylic acids is 1. The predicted octanol–water partition coefficient (Wildman–Crippen LogP) is 6.33. The molecule has 0 aliphatic heterocycles. The Balaban J connectivity index is 1.64. The van der Waals surface area contributed by atoms with E-state index < -0.39 is 16.8 Å². The summed E-state index contributed by atoms with van der Waals surface area (Å²) in [6.07, 6.45) is 9.61. The summed E-state index contributed by atoms with van der Waals surface area (Å²) in [6, 6.07) is 0. The van der Waals surface area contributed by atoms with Gasteiger partial charge in [-0.05, 0) is 90.4 Å². The smallest absolute Gasteiger partial charge is 0.309 e. The lowest BCUT2D eigenvalue weighted by Gasteiger charge is -2.71. The van der Waals surface area contributed by atoms with Gasteiger partial charge in [0.1, 0.15) is 5.78 Å². The molecule has 188 valence electrons. The molecule has 4 saturated carbocycles. The Hall–Kier alpha value is -1.45. The van der Waals surface area contributed by atoms with Crippen molar-refractivity contribution < 1.29 is 19.5 Å². The lowest BCUT2D eigenvalue weighted by Crippen LogP contribution is -2.69. The third-order valence-corrected chi connectivity index (χ3v) is 13.1. The first kappa shape index (κ1) is 24.3. The zero-order valence-electron chi connectivity index (χ0n) is 22.2. The van der Waals surface area contributed by atoms with Crippen molar-refractivity contribution in [3.8, 4) is 0 Å². The van der Waals surface area contributed by atoms with E-state index in [1.54, 1.807) is 6.08 Å². The second kappa shape index (κ2) is 7.07. The second-order valence-electron chi connectivity index (χ2n) is 14.3. The van der Waals surface area contributed by atoms with E-state index in [1.807, 2.05) is 0 Å². The molecule has 5 rings (SSSR count). The highest BCUT2D eigenvalue weighted by Crippen LogP contribution is 2.75. The van der Waals surface area contributed by atoms with E-state index in [-0.39, 0.29) is 51.6 Å². The summed E-state index contributed by atoms with van der Waals surface area (Å²) >= 11 is 0. The molecule has 10 atom stereocenters. The molecule has 4 fully saturated rings. The third kappa shape index (κ3) is 2.64. The van der Waals surface area contributed by atoms with Gasteiger partial charge in [-0.1, -0.05) is 54.5 Å². The normalized spacial score (nSPS) is 53.9. The fourth-order valence-electron chi connectivity index (χ4n) is 10.6. The van der Waals surface area contributed by atoms with Gasteiger partial charge in [0.2, 0.25) is 0 Å². The predicted molar refractivity (Wildman–Crippen MR) is 132 cm³/mol. The highest BCUT2D eigenvalue weighted by atomic mass is 16.4. The number of carboxylic acid groups (broad SMARTS) is 1. The van der Waals surface area contributed by atoms with Gasteiger partial charge in [-0.25, -0.2) is 0 Å². The van der Waals surface area contributed by atoms with Crippen LogP contribution in [0.4, 0.5) is 0 Å². The van der Waals surface area contributed by atoms with E-state index in [0.717, 1.165) is 25.7 Å². The number of carbonyl (C=O) groups excluding carboxylic acids is 2. The van der Waals surface area contributed by atoms with E-state index in [4.69, 9.17) is 0 Å². The molecule has 5 aliphatic carbocycles. The number of hydrogen-bond donors (Lipinski definition) is 1. The zero-order valence-corrected chi connectivity index (χ0v) is 22.2. The molecule has 0 aromatic carbocycles. The largest absolute Gasteiger partial charge is 0.481 e. The van der Waals surface area contributed by atoms with Crippen molar-refractivity contribution in [2.75, 3.05) is 0 Å². The average Bonchev–Trinajstić information content (AvgIpc) is 2.75. The summed E-state index contributed by atoms with van der Waals surface area (Å²) in [6.45, 7) is 15.7. The van der Waals surface area contributed by atoms with Gasteiger partial charge in [0.05, 0.1) is 5.41 Å². The molecular weight excluding hydrogens is 424 g/mol. The molecule has 0 radical (unpaired) electrons. The third-order valence-electron chi connectivity index (χ3n) is 13.1. The Morgan fingerprint density at radius 1 is 0.912 bits per heavy atom. The van der Waals surface area contributed by atoms with Crippen molar-refractivity contribution in [1.82, 2.24) is 0 Å². The van der Waals surface area contributed by atoms with Crippen molar-refractivity contribution in [3.05, 3.63) is 12.2 Å². The van der Waals surface area contributed by atoms with Crippen LogP contribution in [-0.2, 0) is 14.4 Å². The maximum Gasteiger partial charge on any atom is 0.309 e. The molecule has 1 unspecified atom stereocenters. The summed E-state index contributed by atoms with van der Waals surface area (Å²) in [4.78, 5) is 39.9. The van der Waals surface area contributed by atoms with Crippen LogP contribution in [0, 0.1) is 62.6 Å². The highest BCUT2D eigenvalue weighted by Gasteiger charge is 2.73. The average molecular weight is 469 g/mol. The van der Waals surface area contributed by atoms with Gasteiger partial charge >= 0.3 is 5.97 Å². The van der Waals surface area contributed by atoms with Crippen LogP contribution < -0.4 is 0 Å². The van der Waals surface area contributed by atoms with Crippen LogP contribution >= 0.6 is 0 Å². The van der Waals surface area contributed by atoms with E-state index in [0.29, 0.717) is 31.0 Å². The fourth-order valence-corrected chi connectivity index (χ4v) is 10.6. The second-order valence-corrected chi connectivity index (χ2v) is 14.3. The molecule has 0 saturated heterocycles. The van der Waals surface area contributed by atoms with Crippen molar-refractivity contribution in [2.45, 2.75) is 93.4 Å². The topological polar surface area (TPSA) is 71.4 Å². The first-order valence-electron chi connectivity index (χ1n) is 13.7. The summed E-state index contributed by atoms with van der Waals surface area (Å²) < 4.78 is 0. The van der Waals surface area contributed by atoms with Crippen LogP contribution in [0.5, 0.6) is 0 Å². The Kier molecular flexibility index (Phi) is 5.04. The van der Waals surface area contributed by atoms with E-state index in [9.17, 15) is 19.5 Å². The Labute approximate surface area is 205 Å². The standard InChI is InChI=1S/C30H44O4/c1-17-8-13-30(25(33)34)15-14-29(7)24(23(30)18(17)2)19(31)16-21-27(5)11-10-22(32)26(3,4)20(27)9-12-28(21,29)6/h10-11,17-18,20-21,23-24H,8-9,12-16H2,1-7H3,(H,33,34)/t17-,18+,20?,21-,23+,24-,27+,28-,29-,30+/m1/s1. The molecular formula is C30H44O4. The van der Waals surface area contributed by atoms with Crippen molar-refractivity contribution in [3.63, 3.8) is 0 Å². The first-order chi connectivity index (χ1) is 15.7. The number of Topliss-reactive ketones (excluding diaryl/α,β-unsaturated/α-hetero) is 1. The quantitative estimate of drug-likeness (QED) is 0.488. The van der Waals surface area contributed by atoms with Gasteiger partial charge in [0, 0.05) is 17.8 Å². The highest BCUT2D eigenvalue weighted by molar-refractivity contribution is 5.96. The number of aliphatic carboxylic acids is 1. The molecule has 34 heavy (non-hydrogen) atoms. The Morgan fingerprint density at radius 2 is 1.59 bits per heavy atom. The monoisotopic (exact) mass is 468 g/mol. The Morgan fingerprint density at radius 3 is 2.24 bits per heavy atom. The van der Waals surface area contributed by atoms with Crippen LogP contribution in [0.1, 0.15) is 93.4 Å². The fraction of sp³-hybridized carbons (Fsp3) is 0.833. The molecule has 0 aromatic rings. The number of rotatable bonds is 1. The number of hydrogen-bond acceptors (Lipinski definition) is 3. The minimum absolute atomic E-state index is 0.0529. The van der Waals surface area contributed by atoms with Gasteiger partial charge < -0.3 is 5.11 Å². The van der Waals surface area contributed by atoms with Crippen molar-refractivity contribution >= 4 is 17.5 Å². The summed E-state index contributed by atoms with van der Waals surface area (Å²) in [5, 5.41) is 10.5. The molecule has 0 spiro atoms. The van der Waals surface area contributed by atoms with Crippen molar-refractivity contribution in [2.24, 2.45) is 62.6 Å². The van der Waals surface area contributed by atoms with E-state index >= 15 is 0 Å². The molecule has 0 heterocycles. The molecule has 0 bridgehead atoms. The number of carbonyl (C=O) groups is 3. The maximum absolute atomic E-state index is 14.3. The minimum atomic E-state index is -0.755. The summed E-state index contributed by atoms with van der Waals surface area (Å²) in [5.41, 5.74) is -1.63. The van der Waals surface area contributed by atoms with Gasteiger partial charge in [-0.2, -0.15) is 0 Å². The molecule has 4 heteroatoms. The van der Waals surface area contributed by atoms with Gasteiger partial charge in [-0.3, -0.25) is 14.4 Å². The van der Waals surface area contributed by atoms with Gasteiger partial charge in [0.15, 0.2) is 5.78 Å². The molecule has 1 N–H and O–H groups in total. The Bertz CT molecular complexity index is 978. The number of fused-ring (bicyclic) bond motifs is 7. The van der Waals surface area contributed by atoms with Gasteiger partial charge in [-0.15, -0.1) is 0 Å². The van der Waals surface area contributed by atoms with Crippen LogP contribution in [0.25, 0.3) is 0 Å². The lowest BCUT2D eigenvalue weighted by atomic mass is 9.31. The molecule has 5 aliphatic rings. The van der Waals surface area contributed by atoms with Crippen LogP contribution in [0.15, 0.2) is 12.2 Å². The number of ketones is 2. The van der Waals surface area contributed by atoms with Gasteiger partial charge in [0.25, 0.3) is 0 Å². The van der Waals surface area contributed by atoms with E-state index in [1.165, 1.54) is 0 Å². The van der Waals surface area contributed by atoms with Crippen LogP contribution in [0.3, 0.4) is 0 Å². The maximum atomic E-state index is 14.3. The van der Waals surface area contributed by atoms with Crippen LogP contribution in [0.2, 0.25) is 0 Å². The first-order valence-corrected chi connectivity index (χ1v) is 13.7. The van der Waals surface area contributed by atoms with Crippen molar-refractivity contribution in [1.29, 1.82) is 0 Å².